The molecule has 2 bridgehead atoms. The van der Waals surface area contributed by atoms with E-state index in [2.05, 4.69) is 20.8 Å². The van der Waals surface area contributed by atoms with E-state index in [0.717, 1.165) is 12.8 Å². The molecule has 2 aliphatic rings. The highest BCUT2D eigenvalue weighted by Crippen LogP contribution is 2.66. The number of nitrogens with zero attached hydrogens (tertiary/aromatic N) is 1. The maximum atomic E-state index is 10.4. The first-order valence-electron chi connectivity index (χ1n) is 5.19. The minimum absolute atomic E-state index is 0.00919. The third kappa shape index (κ3) is 0.996. The molecule has 3 atom stereocenters. The van der Waals surface area contributed by atoms with E-state index in [1.165, 1.54) is 6.42 Å². The lowest BCUT2D eigenvalue weighted by atomic mass is 9.70. The molecule has 80 valence electrons. The molecule has 2 fully saturated rings. The molecule has 3 unspecified atom stereocenters. The van der Waals surface area contributed by atoms with E-state index in [4.69, 9.17) is 4.84 Å². The van der Waals surface area contributed by atoms with E-state index in [-0.39, 0.29) is 16.9 Å². The first-order chi connectivity index (χ1) is 6.38. The van der Waals surface area contributed by atoms with Crippen molar-refractivity contribution in [2.24, 2.45) is 16.7 Å². The summed E-state index contributed by atoms with van der Waals surface area (Å²) in [7, 11) is 0. The highest BCUT2D eigenvalue weighted by atomic mass is 17.0. The number of hydrogen-bond acceptors (Lipinski definition) is 3. The van der Waals surface area contributed by atoms with Crippen LogP contribution in [0.5, 0.6) is 0 Å². The molecular weight excluding hydrogens is 182 g/mol. The molecule has 0 aromatic rings. The third-order valence-corrected chi connectivity index (χ3v) is 4.93. The summed E-state index contributed by atoms with van der Waals surface area (Å²) in [4.78, 5) is 15.2. The SMILES string of the molecule is CC1(C)C2CCC1(C)C(O[N+](=O)[O-])C2. The summed E-state index contributed by atoms with van der Waals surface area (Å²) in [6, 6.07) is 0. The monoisotopic (exact) mass is 199 g/mol. The fraction of sp³-hybridized carbons (Fsp3) is 1.00. The highest BCUT2D eigenvalue weighted by molar-refractivity contribution is 5.10. The highest BCUT2D eigenvalue weighted by Gasteiger charge is 2.62. The molecule has 0 heterocycles. The van der Waals surface area contributed by atoms with E-state index < -0.39 is 5.09 Å². The van der Waals surface area contributed by atoms with E-state index in [1.54, 1.807) is 0 Å². The van der Waals surface area contributed by atoms with Crippen molar-refractivity contribution in [3.8, 4) is 0 Å². The van der Waals surface area contributed by atoms with Crippen molar-refractivity contribution in [1.82, 2.24) is 0 Å². The van der Waals surface area contributed by atoms with E-state index in [9.17, 15) is 10.1 Å². The van der Waals surface area contributed by atoms with Gasteiger partial charge in [-0.1, -0.05) is 20.8 Å². The topological polar surface area (TPSA) is 52.4 Å². The largest absolute Gasteiger partial charge is 0.310 e. The summed E-state index contributed by atoms with van der Waals surface area (Å²) in [5.74, 6) is 0.595. The van der Waals surface area contributed by atoms with Crippen LogP contribution in [0.1, 0.15) is 40.0 Å². The van der Waals surface area contributed by atoms with Crippen molar-refractivity contribution in [3.63, 3.8) is 0 Å². The molecule has 0 radical (unpaired) electrons. The molecule has 4 heteroatoms. The maximum absolute atomic E-state index is 10.4. The van der Waals surface area contributed by atoms with Gasteiger partial charge in [0.1, 0.15) is 6.10 Å². The Bertz CT molecular complexity index is 277. The fourth-order valence-electron chi connectivity index (χ4n) is 3.39. The van der Waals surface area contributed by atoms with Crippen molar-refractivity contribution >= 4 is 0 Å². The van der Waals surface area contributed by atoms with Crippen LogP contribution in [0.4, 0.5) is 0 Å². The average molecular weight is 199 g/mol. The Morgan fingerprint density at radius 1 is 1.43 bits per heavy atom. The maximum Gasteiger partial charge on any atom is 0.294 e. The van der Waals surface area contributed by atoms with Gasteiger partial charge < -0.3 is 4.84 Å². The third-order valence-electron chi connectivity index (χ3n) is 4.93. The molecule has 0 spiro atoms. The molecule has 0 amide bonds. The summed E-state index contributed by atoms with van der Waals surface area (Å²) >= 11 is 0. The van der Waals surface area contributed by atoms with Crippen LogP contribution in [0, 0.1) is 26.9 Å². The molecule has 2 saturated carbocycles. The van der Waals surface area contributed by atoms with Crippen LogP contribution in [-0.4, -0.2) is 11.2 Å². The zero-order valence-corrected chi connectivity index (χ0v) is 8.95. The molecule has 0 aromatic heterocycles. The van der Waals surface area contributed by atoms with E-state index in [0.29, 0.717) is 5.92 Å². The van der Waals surface area contributed by atoms with Gasteiger partial charge in [0.15, 0.2) is 0 Å². The summed E-state index contributed by atoms with van der Waals surface area (Å²) in [6.07, 6.45) is 2.92. The smallest absolute Gasteiger partial charge is 0.294 e. The van der Waals surface area contributed by atoms with E-state index >= 15 is 0 Å². The molecule has 2 aliphatic carbocycles. The molecule has 14 heavy (non-hydrogen) atoms. The normalized spacial score (nSPS) is 43.9. The number of hydrogen-bond donors (Lipinski definition) is 0. The first kappa shape index (κ1) is 9.74. The lowest BCUT2D eigenvalue weighted by Gasteiger charge is -2.37. The number of fused-ring (bicyclic) bond motifs is 2. The molecule has 0 aromatic carbocycles. The predicted molar refractivity (Wildman–Crippen MR) is 51.1 cm³/mol. The van der Waals surface area contributed by atoms with E-state index in [1.807, 2.05) is 0 Å². The Morgan fingerprint density at radius 2 is 2.07 bits per heavy atom. The fourth-order valence-corrected chi connectivity index (χ4v) is 3.39. The summed E-state index contributed by atoms with van der Waals surface area (Å²) in [5.41, 5.74) is 0.179. The zero-order valence-electron chi connectivity index (χ0n) is 8.95. The molecule has 0 saturated heterocycles. The standard InChI is InChI=1S/C10H17NO3/c1-9(2)7-4-5-10(9,3)8(6-7)14-11(12)13/h7-8H,4-6H2,1-3H3. The minimum atomic E-state index is -0.632. The van der Waals surface area contributed by atoms with Gasteiger partial charge in [-0.05, 0) is 36.0 Å². The van der Waals surface area contributed by atoms with Gasteiger partial charge >= 0.3 is 0 Å². The second-order valence-electron chi connectivity index (χ2n) is 5.43. The van der Waals surface area contributed by atoms with Gasteiger partial charge in [-0.25, -0.2) is 0 Å². The Morgan fingerprint density at radius 3 is 2.43 bits per heavy atom. The van der Waals surface area contributed by atoms with Crippen molar-refractivity contribution in [2.45, 2.75) is 46.1 Å². The van der Waals surface area contributed by atoms with Gasteiger partial charge in [-0.3, -0.25) is 0 Å². The van der Waals surface area contributed by atoms with Crippen molar-refractivity contribution in [3.05, 3.63) is 10.1 Å². The van der Waals surface area contributed by atoms with Crippen LogP contribution in [0.3, 0.4) is 0 Å². The zero-order chi connectivity index (χ0) is 10.6. The first-order valence-corrected chi connectivity index (χ1v) is 5.19. The van der Waals surface area contributed by atoms with Gasteiger partial charge in [0.25, 0.3) is 5.09 Å². The lowest BCUT2D eigenvalue weighted by Crippen LogP contribution is -2.38. The molecular formula is C10H17NO3. The van der Waals surface area contributed by atoms with Crippen molar-refractivity contribution < 1.29 is 9.92 Å². The van der Waals surface area contributed by atoms with Crippen LogP contribution in [0.15, 0.2) is 0 Å². The van der Waals surface area contributed by atoms with Crippen LogP contribution in [0.25, 0.3) is 0 Å². The van der Waals surface area contributed by atoms with Crippen LogP contribution >= 0.6 is 0 Å². The predicted octanol–water partition coefficient (Wildman–Crippen LogP) is 2.41. The Labute approximate surface area is 83.7 Å². The second-order valence-corrected chi connectivity index (χ2v) is 5.43. The lowest BCUT2D eigenvalue weighted by molar-refractivity contribution is -0.772. The molecule has 2 rings (SSSR count). The average Bonchev–Trinajstić information content (AvgIpc) is 2.35. The quantitative estimate of drug-likeness (QED) is 0.507. The minimum Gasteiger partial charge on any atom is -0.310 e. The van der Waals surface area contributed by atoms with Crippen LogP contribution in [-0.2, 0) is 4.84 Å². The van der Waals surface area contributed by atoms with Gasteiger partial charge in [0.2, 0.25) is 0 Å². The Hall–Kier alpha value is -0.800. The van der Waals surface area contributed by atoms with Crippen LogP contribution in [0.2, 0.25) is 0 Å². The summed E-state index contributed by atoms with van der Waals surface area (Å²) < 4.78 is 0. The summed E-state index contributed by atoms with van der Waals surface area (Å²) in [6.45, 7) is 6.57. The van der Waals surface area contributed by atoms with Gasteiger partial charge in [0, 0.05) is 0 Å². The Balaban J connectivity index is 2.23. The van der Waals surface area contributed by atoms with Gasteiger partial charge in [-0.15, -0.1) is 10.1 Å². The van der Waals surface area contributed by atoms with Gasteiger partial charge in [-0.2, -0.15) is 0 Å². The Kier molecular flexibility index (Phi) is 1.82. The second kappa shape index (κ2) is 2.61. The number of rotatable bonds is 2. The molecule has 0 aliphatic heterocycles. The molecule has 0 N–H and O–H groups in total. The molecule has 4 nitrogen and oxygen atoms in total. The van der Waals surface area contributed by atoms with Gasteiger partial charge in [0.05, 0.1) is 0 Å². The van der Waals surface area contributed by atoms with Crippen LogP contribution < -0.4 is 0 Å². The van der Waals surface area contributed by atoms with Crippen molar-refractivity contribution in [2.75, 3.05) is 0 Å². The van der Waals surface area contributed by atoms with Crippen molar-refractivity contribution in [1.29, 1.82) is 0 Å². The summed E-state index contributed by atoms with van der Waals surface area (Å²) in [5, 5.41) is 9.74.